The van der Waals surface area contributed by atoms with Crippen molar-refractivity contribution in [1.82, 2.24) is 10.3 Å². The number of esters is 1. The number of hydrogen-bond donors (Lipinski definition) is 1. The van der Waals surface area contributed by atoms with E-state index >= 15 is 0 Å². The summed E-state index contributed by atoms with van der Waals surface area (Å²) >= 11 is 0. The van der Waals surface area contributed by atoms with E-state index in [-0.39, 0.29) is 23.6 Å². The normalized spacial score (nSPS) is 10.3. The van der Waals surface area contributed by atoms with Gasteiger partial charge in [0.05, 0.1) is 12.7 Å². The quantitative estimate of drug-likeness (QED) is 0.721. The Bertz CT molecular complexity index is 756. The number of aromatic nitrogens is 1. The van der Waals surface area contributed by atoms with E-state index < -0.39 is 25.1 Å². The minimum atomic E-state index is -2.97. The van der Waals surface area contributed by atoms with Crippen molar-refractivity contribution in [3.8, 4) is 11.5 Å². The third kappa shape index (κ3) is 5.69. The van der Waals surface area contributed by atoms with E-state index in [0.29, 0.717) is 5.56 Å². The molecule has 0 unspecified atom stereocenters. The molecule has 1 heterocycles. The Labute approximate surface area is 147 Å². The molecule has 0 aliphatic carbocycles. The lowest BCUT2D eigenvalue weighted by Gasteiger charge is -2.12. The average molecular weight is 366 g/mol. The number of amides is 1. The van der Waals surface area contributed by atoms with Crippen LogP contribution in [0.3, 0.4) is 0 Å². The maximum absolute atomic E-state index is 12.3. The van der Waals surface area contributed by atoms with Gasteiger partial charge in [-0.15, -0.1) is 0 Å². The molecule has 0 bridgehead atoms. The standard InChI is InChI=1S/C17H16F2N2O5/c1-24-14-8-11(2-3-13(14)26-17(18)19)9-21-15(22)10-25-16(23)12-4-6-20-7-5-12/h2-8,17H,9-10H2,1H3,(H,21,22). The molecule has 0 saturated heterocycles. The van der Waals surface area contributed by atoms with E-state index in [1.54, 1.807) is 0 Å². The van der Waals surface area contributed by atoms with E-state index in [1.807, 2.05) is 0 Å². The number of ether oxygens (including phenoxy) is 3. The first-order valence-corrected chi connectivity index (χ1v) is 7.45. The molecule has 0 saturated carbocycles. The Morgan fingerprint density at radius 2 is 1.88 bits per heavy atom. The second-order valence-corrected chi connectivity index (χ2v) is 4.95. The van der Waals surface area contributed by atoms with E-state index in [0.717, 1.165) is 0 Å². The lowest BCUT2D eigenvalue weighted by atomic mass is 10.2. The molecule has 0 atom stereocenters. The second kappa shape index (κ2) is 9.30. The number of nitrogens with zero attached hydrogens (tertiary/aromatic N) is 1. The summed E-state index contributed by atoms with van der Waals surface area (Å²) in [5.41, 5.74) is 0.879. The number of pyridine rings is 1. The average Bonchev–Trinajstić information content (AvgIpc) is 2.65. The van der Waals surface area contributed by atoms with Crippen molar-refractivity contribution < 1.29 is 32.6 Å². The Morgan fingerprint density at radius 1 is 1.15 bits per heavy atom. The molecule has 1 aromatic heterocycles. The van der Waals surface area contributed by atoms with Crippen LogP contribution in [0.4, 0.5) is 8.78 Å². The first kappa shape index (κ1) is 19.1. The molecule has 2 aromatic rings. The van der Waals surface area contributed by atoms with Crippen molar-refractivity contribution in [2.75, 3.05) is 13.7 Å². The van der Waals surface area contributed by atoms with Crippen LogP contribution in [0.15, 0.2) is 42.7 Å². The zero-order valence-electron chi connectivity index (χ0n) is 13.8. The van der Waals surface area contributed by atoms with Crippen LogP contribution in [0.25, 0.3) is 0 Å². The molecule has 0 aliphatic heterocycles. The first-order chi connectivity index (χ1) is 12.5. The van der Waals surface area contributed by atoms with Gasteiger partial charge < -0.3 is 19.5 Å². The third-order valence-electron chi connectivity index (χ3n) is 3.18. The Kier molecular flexibility index (Phi) is 6.84. The number of hydrogen-bond acceptors (Lipinski definition) is 6. The summed E-state index contributed by atoms with van der Waals surface area (Å²) < 4.78 is 38.7. The maximum Gasteiger partial charge on any atom is 0.387 e. The molecule has 0 radical (unpaired) electrons. The van der Waals surface area contributed by atoms with Crippen LogP contribution >= 0.6 is 0 Å². The van der Waals surface area contributed by atoms with Crippen molar-refractivity contribution >= 4 is 11.9 Å². The van der Waals surface area contributed by atoms with Gasteiger partial charge in [0.25, 0.3) is 5.91 Å². The van der Waals surface area contributed by atoms with Crippen molar-refractivity contribution in [2.45, 2.75) is 13.2 Å². The van der Waals surface area contributed by atoms with Crippen LogP contribution in [0.5, 0.6) is 11.5 Å². The number of carbonyl (C=O) groups is 2. The van der Waals surface area contributed by atoms with Gasteiger partial charge in [-0.2, -0.15) is 8.78 Å². The van der Waals surface area contributed by atoms with Crippen molar-refractivity contribution in [3.63, 3.8) is 0 Å². The van der Waals surface area contributed by atoms with Crippen molar-refractivity contribution in [1.29, 1.82) is 0 Å². The summed E-state index contributed by atoms with van der Waals surface area (Å²) in [6.07, 6.45) is 2.87. The van der Waals surface area contributed by atoms with Crippen LogP contribution in [-0.2, 0) is 16.1 Å². The maximum atomic E-state index is 12.3. The van der Waals surface area contributed by atoms with Crippen LogP contribution in [0.1, 0.15) is 15.9 Å². The molecule has 9 heteroatoms. The van der Waals surface area contributed by atoms with Crippen LogP contribution < -0.4 is 14.8 Å². The minimum Gasteiger partial charge on any atom is -0.493 e. The molecule has 0 aliphatic rings. The van der Waals surface area contributed by atoms with Crippen LogP contribution in [0, 0.1) is 0 Å². The molecular formula is C17H16F2N2O5. The molecule has 0 fully saturated rings. The smallest absolute Gasteiger partial charge is 0.387 e. The summed E-state index contributed by atoms with van der Waals surface area (Å²) in [6, 6.07) is 7.21. The molecule has 1 amide bonds. The molecule has 1 N–H and O–H groups in total. The Morgan fingerprint density at radius 3 is 2.54 bits per heavy atom. The monoisotopic (exact) mass is 366 g/mol. The highest BCUT2D eigenvalue weighted by molar-refractivity contribution is 5.91. The van der Waals surface area contributed by atoms with Crippen molar-refractivity contribution in [2.24, 2.45) is 0 Å². The highest BCUT2D eigenvalue weighted by atomic mass is 19.3. The fraction of sp³-hybridized carbons (Fsp3) is 0.235. The number of methoxy groups -OCH3 is 1. The fourth-order valence-electron chi connectivity index (χ4n) is 1.97. The van der Waals surface area contributed by atoms with Gasteiger partial charge >= 0.3 is 12.6 Å². The highest BCUT2D eigenvalue weighted by Gasteiger charge is 2.12. The van der Waals surface area contributed by atoms with E-state index in [1.165, 1.54) is 49.8 Å². The SMILES string of the molecule is COc1cc(CNC(=O)COC(=O)c2ccncc2)ccc1OC(F)F. The third-order valence-corrected chi connectivity index (χ3v) is 3.18. The topological polar surface area (TPSA) is 86.8 Å². The van der Waals surface area contributed by atoms with E-state index in [4.69, 9.17) is 9.47 Å². The van der Waals surface area contributed by atoms with Gasteiger partial charge in [0.1, 0.15) is 0 Å². The van der Waals surface area contributed by atoms with Gasteiger partial charge in [-0.25, -0.2) is 4.79 Å². The number of carbonyl (C=O) groups excluding carboxylic acids is 2. The number of halogens is 2. The number of nitrogens with one attached hydrogen (secondary N) is 1. The molecule has 26 heavy (non-hydrogen) atoms. The predicted molar refractivity (Wildman–Crippen MR) is 86.0 cm³/mol. The van der Waals surface area contributed by atoms with Gasteiger partial charge in [0.2, 0.25) is 0 Å². The molecule has 138 valence electrons. The molecule has 0 spiro atoms. The summed E-state index contributed by atoms with van der Waals surface area (Å²) in [4.78, 5) is 27.2. The minimum absolute atomic E-state index is 0.0942. The largest absolute Gasteiger partial charge is 0.493 e. The number of alkyl halides is 2. The van der Waals surface area contributed by atoms with Crippen LogP contribution in [0.2, 0.25) is 0 Å². The van der Waals surface area contributed by atoms with Gasteiger partial charge in [0, 0.05) is 18.9 Å². The second-order valence-electron chi connectivity index (χ2n) is 4.95. The Balaban J connectivity index is 1.84. The van der Waals surface area contributed by atoms with Gasteiger partial charge in [-0.1, -0.05) is 6.07 Å². The lowest BCUT2D eigenvalue weighted by Crippen LogP contribution is -2.28. The number of benzene rings is 1. The number of rotatable bonds is 8. The molecular weight excluding hydrogens is 350 g/mol. The summed E-state index contributed by atoms with van der Waals surface area (Å²) in [7, 11) is 1.31. The van der Waals surface area contributed by atoms with Gasteiger partial charge in [-0.05, 0) is 29.8 Å². The summed E-state index contributed by atoms with van der Waals surface area (Å²) in [5, 5.41) is 2.54. The molecule has 2 rings (SSSR count). The van der Waals surface area contributed by atoms with Crippen LogP contribution in [-0.4, -0.2) is 37.2 Å². The zero-order valence-corrected chi connectivity index (χ0v) is 13.8. The fourth-order valence-corrected chi connectivity index (χ4v) is 1.97. The summed E-state index contributed by atoms with van der Waals surface area (Å²) in [5.74, 6) is -1.15. The lowest BCUT2D eigenvalue weighted by molar-refractivity contribution is -0.124. The zero-order chi connectivity index (χ0) is 18.9. The first-order valence-electron chi connectivity index (χ1n) is 7.45. The molecule has 7 nitrogen and oxygen atoms in total. The van der Waals surface area contributed by atoms with Crippen molar-refractivity contribution in [3.05, 3.63) is 53.9 Å². The van der Waals surface area contributed by atoms with Gasteiger partial charge in [-0.3, -0.25) is 9.78 Å². The highest BCUT2D eigenvalue weighted by Crippen LogP contribution is 2.29. The Hall–Kier alpha value is -3.23. The molecule has 1 aromatic carbocycles. The van der Waals surface area contributed by atoms with Gasteiger partial charge in [0.15, 0.2) is 18.1 Å². The summed E-state index contributed by atoms with van der Waals surface area (Å²) in [6.45, 7) is -3.33. The van der Waals surface area contributed by atoms with E-state index in [9.17, 15) is 18.4 Å². The van der Waals surface area contributed by atoms with E-state index in [2.05, 4.69) is 15.0 Å². The predicted octanol–water partition coefficient (Wildman–Crippen LogP) is 2.16.